The number of ether oxygens (including phenoxy) is 1. The van der Waals surface area contributed by atoms with Crippen LogP contribution in [0.1, 0.15) is 6.42 Å². The van der Waals surface area contributed by atoms with Gasteiger partial charge < -0.3 is 4.74 Å². The van der Waals surface area contributed by atoms with Crippen LogP contribution in [0.15, 0.2) is 24.3 Å². The molecule has 54 valence electrons. The van der Waals surface area contributed by atoms with Gasteiger partial charge in [0.1, 0.15) is 11.7 Å². The summed E-state index contributed by atoms with van der Waals surface area (Å²) in [6, 6.07) is 0. The zero-order valence-corrected chi connectivity index (χ0v) is 7.17. The molecule has 1 fully saturated rings. The maximum Gasteiger partial charge on any atom is 0.118 e. The Kier molecular flexibility index (Phi) is 1.46. The van der Waals surface area contributed by atoms with Crippen LogP contribution >= 0.6 is 15.9 Å². The molecule has 10 heavy (non-hydrogen) atoms. The molecule has 0 saturated carbocycles. The number of alkyl halides is 1. The molecular weight excluding hydrogens is 192 g/mol. The van der Waals surface area contributed by atoms with Gasteiger partial charge in [-0.15, -0.1) is 0 Å². The van der Waals surface area contributed by atoms with Crippen molar-refractivity contribution in [3.63, 3.8) is 0 Å². The van der Waals surface area contributed by atoms with Crippen molar-refractivity contribution in [1.82, 2.24) is 0 Å². The first-order valence-corrected chi connectivity index (χ1v) is 4.59. The summed E-state index contributed by atoms with van der Waals surface area (Å²) in [5.74, 6) is 0. The van der Waals surface area contributed by atoms with E-state index in [9.17, 15) is 0 Å². The second-order valence-corrected chi connectivity index (χ2v) is 3.47. The van der Waals surface area contributed by atoms with Crippen LogP contribution in [0.2, 0.25) is 0 Å². The highest BCUT2D eigenvalue weighted by Gasteiger charge is 2.52. The van der Waals surface area contributed by atoms with Gasteiger partial charge in [0.2, 0.25) is 0 Å². The number of hydrogen-bond donors (Lipinski definition) is 0. The Bertz CT molecular complexity index is 197. The van der Waals surface area contributed by atoms with E-state index in [1.807, 2.05) is 6.08 Å². The molecule has 0 radical (unpaired) electrons. The summed E-state index contributed by atoms with van der Waals surface area (Å²) >= 11 is 3.41. The van der Waals surface area contributed by atoms with E-state index >= 15 is 0 Å². The minimum atomic E-state index is 0.0816. The molecule has 1 aliphatic heterocycles. The van der Waals surface area contributed by atoms with Crippen molar-refractivity contribution in [3.05, 3.63) is 24.3 Å². The van der Waals surface area contributed by atoms with E-state index in [-0.39, 0.29) is 5.60 Å². The fraction of sp³-hybridized carbons (Fsp3) is 0.500. The lowest BCUT2D eigenvalue weighted by molar-refractivity contribution is 0.337. The van der Waals surface area contributed by atoms with Crippen LogP contribution in [-0.4, -0.2) is 17.0 Å². The third-order valence-corrected chi connectivity index (χ3v) is 2.43. The molecule has 2 heteroatoms. The molecule has 0 spiro atoms. The number of halogens is 1. The average molecular weight is 201 g/mol. The van der Waals surface area contributed by atoms with Crippen LogP contribution < -0.4 is 0 Å². The smallest absolute Gasteiger partial charge is 0.118 e. The van der Waals surface area contributed by atoms with E-state index in [0.29, 0.717) is 6.10 Å². The maximum absolute atomic E-state index is 5.50. The van der Waals surface area contributed by atoms with E-state index in [2.05, 4.69) is 34.2 Å². The summed E-state index contributed by atoms with van der Waals surface area (Å²) in [5, 5.41) is 1.02. The second kappa shape index (κ2) is 2.21. The average Bonchev–Trinajstić information content (AvgIpc) is 2.62. The first-order valence-electron chi connectivity index (χ1n) is 3.47. The predicted octanol–water partition coefficient (Wildman–Crippen LogP) is 2.04. The topological polar surface area (TPSA) is 12.5 Å². The molecule has 0 N–H and O–H groups in total. The summed E-state index contributed by atoms with van der Waals surface area (Å²) in [4.78, 5) is 0. The van der Waals surface area contributed by atoms with Crippen LogP contribution in [0.3, 0.4) is 0 Å². The molecule has 2 unspecified atom stereocenters. The van der Waals surface area contributed by atoms with Gasteiger partial charge >= 0.3 is 0 Å². The number of fused-ring (bicyclic) bond motifs is 1. The molecule has 1 aliphatic carbocycles. The Morgan fingerprint density at radius 1 is 1.50 bits per heavy atom. The van der Waals surface area contributed by atoms with Gasteiger partial charge in [-0.3, -0.25) is 0 Å². The van der Waals surface area contributed by atoms with Gasteiger partial charge in [0.25, 0.3) is 0 Å². The molecule has 2 atom stereocenters. The molecule has 2 rings (SSSR count). The quantitative estimate of drug-likeness (QED) is 0.492. The zero-order valence-electron chi connectivity index (χ0n) is 5.59. The summed E-state index contributed by atoms with van der Waals surface area (Å²) < 4.78 is 5.50. The summed E-state index contributed by atoms with van der Waals surface area (Å²) in [6.07, 6.45) is 9.83. The van der Waals surface area contributed by atoms with Crippen molar-refractivity contribution in [2.45, 2.75) is 18.1 Å². The zero-order chi connectivity index (χ0) is 7.03. The lowest BCUT2D eigenvalue weighted by Gasteiger charge is -2.04. The SMILES string of the molecule is BrCCC12C=CC=CC1O2. The Balaban J connectivity index is 2.08. The van der Waals surface area contributed by atoms with Crippen molar-refractivity contribution in [2.75, 3.05) is 5.33 Å². The van der Waals surface area contributed by atoms with Crippen molar-refractivity contribution < 1.29 is 4.74 Å². The van der Waals surface area contributed by atoms with Crippen LogP contribution in [0, 0.1) is 0 Å². The van der Waals surface area contributed by atoms with Crippen LogP contribution in [-0.2, 0) is 4.74 Å². The van der Waals surface area contributed by atoms with Crippen LogP contribution in [0.5, 0.6) is 0 Å². The third-order valence-electron chi connectivity index (χ3n) is 2.03. The number of rotatable bonds is 2. The van der Waals surface area contributed by atoms with Crippen molar-refractivity contribution in [3.8, 4) is 0 Å². The lowest BCUT2D eigenvalue weighted by atomic mass is 9.98. The first kappa shape index (κ1) is 6.62. The fourth-order valence-electron chi connectivity index (χ4n) is 1.35. The second-order valence-electron chi connectivity index (χ2n) is 2.68. The van der Waals surface area contributed by atoms with E-state index in [1.165, 1.54) is 0 Å². The highest BCUT2D eigenvalue weighted by atomic mass is 79.9. The van der Waals surface area contributed by atoms with E-state index in [4.69, 9.17) is 4.74 Å². The van der Waals surface area contributed by atoms with Crippen molar-refractivity contribution in [1.29, 1.82) is 0 Å². The van der Waals surface area contributed by atoms with Gasteiger partial charge in [0.15, 0.2) is 0 Å². The third kappa shape index (κ3) is 0.867. The summed E-state index contributed by atoms with van der Waals surface area (Å²) in [6.45, 7) is 0. The summed E-state index contributed by atoms with van der Waals surface area (Å²) in [5.41, 5.74) is 0.0816. The van der Waals surface area contributed by atoms with Gasteiger partial charge in [-0.2, -0.15) is 0 Å². The van der Waals surface area contributed by atoms with Gasteiger partial charge in [-0.1, -0.05) is 34.2 Å². The molecule has 2 aliphatic rings. The molecule has 0 aromatic carbocycles. The Hall–Kier alpha value is -0.0800. The van der Waals surface area contributed by atoms with E-state index < -0.39 is 0 Å². The first-order chi connectivity index (χ1) is 4.87. The minimum Gasteiger partial charge on any atom is -0.357 e. The lowest BCUT2D eigenvalue weighted by Crippen LogP contribution is -2.12. The summed E-state index contributed by atoms with van der Waals surface area (Å²) in [7, 11) is 0. The predicted molar refractivity (Wildman–Crippen MR) is 44.3 cm³/mol. The van der Waals surface area contributed by atoms with E-state index in [0.717, 1.165) is 11.8 Å². The Morgan fingerprint density at radius 3 is 3.10 bits per heavy atom. The molecule has 1 heterocycles. The molecule has 0 amide bonds. The van der Waals surface area contributed by atoms with E-state index in [1.54, 1.807) is 0 Å². The minimum absolute atomic E-state index is 0.0816. The monoisotopic (exact) mass is 200 g/mol. The molecule has 0 bridgehead atoms. The molecule has 0 aromatic heterocycles. The van der Waals surface area contributed by atoms with Gasteiger partial charge in [0.05, 0.1) is 0 Å². The molecule has 0 aromatic rings. The standard InChI is InChI=1S/C8H9BrO/c9-6-5-8-4-2-1-3-7(8)10-8/h1-4,7H,5-6H2. The van der Waals surface area contributed by atoms with Gasteiger partial charge in [0, 0.05) is 5.33 Å². The highest BCUT2D eigenvalue weighted by molar-refractivity contribution is 9.09. The fourth-order valence-corrected chi connectivity index (χ4v) is 1.97. The molecule has 1 nitrogen and oxygen atoms in total. The number of epoxide rings is 1. The normalized spacial score (nSPS) is 41.5. The van der Waals surface area contributed by atoms with Crippen molar-refractivity contribution >= 4 is 15.9 Å². The largest absolute Gasteiger partial charge is 0.357 e. The Morgan fingerprint density at radius 2 is 2.40 bits per heavy atom. The number of allylic oxidation sites excluding steroid dienone is 2. The van der Waals surface area contributed by atoms with Crippen LogP contribution in [0.25, 0.3) is 0 Å². The van der Waals surface area contributed by atoms with Gasteiger partial charge in [-0.25, -0.2) is 0 Å². The molecule has 1 saturated heterocycles. The molecular formula is C8H9BrO. The van der Waals surface area contributed by atoms with Gasteiger partial charge in [-0.05, 0) is 12.5 Å². The Labute approximate surface area is 68.9 Å². The van der Waals surface area contributed by atoms with Crippen LogP contribution in [0.4, 0.5) is 0 Å². The highest BCUT2D eigenvalue weighted by Crippen LogP contribution is 2.44. The van der Waals surface area contributed by atoms with Crippen molar-refractivity contribution in [2.24, 2.45) is 0 Å². The maximum atomic E-state index is 5.50. The number of hydrogen-bond acceptors (Lipinski definition) is 1.